The molecule has 0 fully saturated rings. The molecule has 580 valence electrons. The van der Waals surface area contributed by atoms with Crippen LogP contribution in [0.25, 0.3) is 131 Å². The molecule has 0 heterocycles. The van der Waals surface area contributed by atoms with E-state index in [9.17, 15) is 0 Å². The van der Waals surface area contributed by atoms with E-state index in [1.165, 1.54) is 164 Å². The van der Waals surface area contributed by atoms with E-state index in [0.717, 1.165) is 12.8 Å². The Kier molecular flexibility index (Phi) is 34.1. The zero-order valence-corrected chi connectivity index (χ0v) is 61.1. The number of benzene rings is 20. The Morgan fingerprint density at radius 3 is 0.603 bits per heavy atom. The van der Waals surface area contributed by atoms with Crippen molar-refractivity contribution >= 4 is 86.2 Å². The third-order valence-corrected chi connectivity index (χ3v) is 20.3. The molecule has 0 spiro atoms. The van der Waals surface area contributed by atoms with E-state index in [4.69, 9.17) is 0 Å². The Bertz CT molecular complexity index is 5670. The molecule has 0 radical (unpaired) electrons. The van der Waals surface area contributed by atoms with Crippen molar-refractivity contribution in [1.29, 1.82) is 0 Å². The van der Waals surface area contributed by atoms with E-state index in [1.807, 2.05) is 12.1 Å². The van der Waals surface area contributed by atoms with Crippen LogP contribution in [0.4, 0.5) is 0 Å². The smallest absolute Gasteiger partial charge is 0.00135 e. The number of hydrogen-bond donors (Lipinski definition) is 0. The van der Waals surface area contributed by atoms with Gasteiger partial charge in [0.1, 0.15) is 0 Å². The number of hydrogen-bond acceptors (Lipinski definition) is 0. The summed E-state index contributed by atoms with van der Waals surface area (Å²) in [5.74, 6) is 0. The standard InChI is InChI=1S/C18H12.C18H14.2C14H10.2C13H10.C10H8.C8H10.8CH4/c1-2-8-14-13(7-1)15-9-3-4-11-17(15)18-12-6-5-10-16(14)18;1-3-8-15(9-4-1)17-12-7-13-18(14-17)16-10-5-2-6-11-16;1-3-7-13-11(5-1)9-10-12-6-2-4-8-14(12)13;1-2-6-12-10-14-8-4-3-7-13(14)9-11(12)5-1;2*1-3-7-12-10(5-1)9-11-6-2-4-8-13(11)12;1-2-6-10-8-4-3-7-9(10)5-1;1-7-3-5-8(2)6-4-7;;;;;;;;/h1-12H;1-14H;2*1-10H;2*1-8H,9H2;1-8H;3-6H,1-2H3;8*1H4. The normalized spacial score (nSPS) is 10.2. The molecule has 0 atom stereocenters. The van der Waals surface area contributed by atoms with Gasteiger partial charge < -0.3 is 0 Å². The van der Waals surface area contributed by atoms with Gasteiger partial charge >= 0.3 is 0 Å². The molecule has 0 unspecified atom stereocenters. The van der Waals surface area contributed by atoms with Crippen molar-refractivity contribution in [2.24, 2.45) is 0 Å². The minimum atomic E-state index is 0. The lowest BCUT2D eigenvalue weighted by Crippen LogP contribution is -1.81. The Balaban J connectivity index is 0.000000183. The van der Waals surface area contributed by atoms with Gasteiger partial charge in [-0.25, -0.2) is 0 Å². The molecule has 0 bridgehead atoms. The van der Waals surface area contributed by atoms with Crippen molar-refractivity contribution < 1.29 is 0 Å². The van der Waals surface area contributed by atoms with E-state index in [0.29, 0.717) is 0 Å². The van der Waals surface area contributed by atoms with Crippen LogP contribution in [0.15, 0.2) is 449 Å². The number of fused-ring (bicyclic) bond motifs is 18. The fraction of sp³-hybridized carbons (Fsp3) is 0.103. The van der Waals surface area contributed by atoms with Crippen LogP contribution in [0.5, 0.6) is 0 Å². The van der Waals surface area contributed by atoms with Gasteiger partial charge in [-0.15, -0.1) is 0 Å². The molecule has 0 aliphatic heterocycles. The first-order valence-electron chi connectivity index (χ1n) is 37.4. The van der Waals surface area contributed by atoms with Crippen molar-refractivity contribution in [2.45, 2.75) is 86.1 Å². The Hall–Kier alpha value is -13.5. The summed E-state index contributed by atoms with van der Waals surface area (Å²) in [7, 11) is 0. The van der Waals surface area contributed by atoms with E-state index >= 15 is 0 Å². The van der Waals surface area contributed by atoms with Gasteiger partial charge in [-0.2, -0.15) is 0 Å². The molecule has 0 amide bonds. The van der Waals surface area contributed by atoms with E-state index in [-0.39, 0.29) is 59.4 Å². The molecule has 0 nitrogen and oxygen atoms in total. The molecular formula is C116H116. The average molecular weight is 1510 g/mol. The fourth-order valence-corrected chi connectivity index (χ4v) is 14.8. The quantitative estimate of drug-likeness (QED) is 0.120. The highest BCUT2D eigenvalue weighted by Crippen LogP contribution is 2.39. The molecule has 2 aliphatic carbocycles. The summed E-state index contributed by atoms with van der Waals surface area (Å²) < 4.78 is 0. The molecule has 2 aliphatic rings. The molecule has 0 saturated carbocycles. The van der Waals surface area contributed by atoms with Crippen LogP contribution in [-0.2, 0) is 12.8 Å². The third-order valence-electron chi connectivity index (χ3n) is 20.3. The zero-order valence-electron chi connectivity index (χ0n) is 61.1. The lowest BCUT2D eigenvalue weighted by Gasteiger charge is -2.09. The Morgan fingerprint density at radius 1 is 0.138 bits per heavy atom. The van der Waals surface area contributed by atoms with Crippen molar-refractivity contribution in [3.05, 3.63) is 482 Å². The molecule has 22 rings (SSSR count). The van der Waals surface area contributed by atoms with E-state index in [1.54, 1.807) is 0 Å². The van der Waals surface area contributed by atoms with Crippen LogP contribution >= 0.6 is 0 Å². The molecule has 0 N–H and O–H groups in total. The highest BCUT2D eigenvalue weighted by Gasteiger charge is 2.17. The highest BCUT2D eigenvalue weighted by atomic mass is 14.2. The first-order valence-corrected chi connectivity index (χ1v) is 37.4. The monoisotopic (exact) mass is 1510 g/mol. The average Bonchev–Trinajstić information content (AvgIpc) is 1.08. The van der Waals surface area contributed by atoms with Gasteiger partial charge in [-0.05, 0) is 198 Å². The lowest BCUT2D eigenvalue weighted by molar-refractivity contribution is 1.26. The van der Waals surface area contributed by atoms with Gasteiger partial charge in [0.05, 0.1) is 0 Å². The summed E-state index contributed by atoms with van der Waals surface area (Å²) in [6.45, 7) is 4.19. The summed E-state index contributed by atoms with van der Waals surface area (Å²) in [6, 6.07) is 158. The SMILES string of the molecule is C.C.C.C.C.C.C.C.Cc1ccc(C)cc1.c1ccc(-c2cccc(-c3ccccc3)c2)cc1.c1ccc2c(c1)Cc1ccccc1-2.c1ccc2c(c1)Cc1ccccc1-2.c1ccc2c(c1)c1ccccc1c1ccccc21.c1ccc2c(c1)ccc1ccccc12.c1ccc2cc3ccccc3cc2c1.c1ccc2ccccc2c1. The van der Waals surface area contributed by atoms with Crippen LogP contribution in [0, 0.1) is 13.8 Å². The van der Waals surface area contributed by atoms with Crippen molar-refractivity contribution in [1.82, 2.24) is 0 Å². The van der Waals surface area contributed by atoms with Crippen LogP contribution < -0.4 is 0 Å². The van der Waals surface area contributed by atoms with Gasteiger partial charge in [-0.3, -0.25) is 0 Å². The lowest BCUT2D eigenvalue weighted by atomic mass is 9.95. The predicted octanol–water partition coefficient (Wildman–Crippen LogP) is 34.9. The van der Waals surface area contributed by atoms with Gasteiger partial charge in [0.2, 0.25) is 0 Å². The Morgan fingerprint density at radius 2 is 0.336 bits per heavy atom. The molecule has 0 aromatic heterocycles. The van der Waals surface area contributed by atoms with Gasteiger partial charge in [0.15, 0.2) is 0 Å². The first-order chi connectivity index (χ1) is 53.4. The summed E-state index contributed by atoms with van der Waals surface area (Å²) >= 11 is 0. The van der Waals surface area contributed by atoms with Crippen molar-refractivity contribution in [3.8, 4) is 44.5 Å². The second kappa shape index (κ2) is 44.1. The summed E-state index contributed by atoms with van der Waals surface area (Å²) in [6.07, 6.45) is 2.21. The summed E-state index contributed by atoms with van der Waals surface area (Å²) in [5, 5.41) is 21.2. The topological polar surface area (TPSA) is 0 Å². The van der Waals surface area contributed by atoms with Gasteiger partial charge in [0, 0.05) is 0 Å². The van der Waals surface area contributed by atoms with Crippen LogP contribution in [0.1, 0.15) is 92.8 Å². The minimum absolute atomic E-state index is 0. The molecule has 116 heavy (non-hydrogen) atoms. The maximum Gasteiger partial charge on any atom is -0.00135 e. The zero-order chi connectivity index (χ0) is 73.1. The third kappa shape index (κ3) is 21.6. The van der Waals surface area contributed by atoms with Crippen LogP contribution in [0.3, 0.4) is 0 Å². The second-order valence-electron chi connectivity index (χ2n) is 27.5. The second-order valence-corrected chi connectivity index (χ2v) is 27.5. The maximum atomic E-state index is 2.24. The number of aryl methyl sites for hydroxylation is 2. The minimum Gasteiger partial charge on any atom is -0.0776 e. The molecule has 0 saturated heterocycles. The highest BCUT2D eigenvalue weighted by molar-refractivity contribution is 6.25. The van der Waals surface area contributed by atoms with E-state index in [2.05, 4.69) is 451 Å². The molecule has 20 aromatic rings. The fourth-order valence-electron chi connectivity index (χ4n) is 14.8. The number of rotatable bonds is 2. The molecule has 20 aromatic carbocycles. The van der Waals surface area contributed by atoms with Gasteiger partial charge in [-0.1, -0.05) is 501 Å². The molecule has 0 heteroatoms. The van der Waals surface area contributed by atoms with Crippen LogP contribution in [-0.4, -0.2) is 0 Å². The van der Waals surface area contributed by atoms with Crippen LogP contribution in [0.2, 0.25) is 0 Å². The van der Waals surface area contributed by atoms with Crippen molar-refractivity contribution in [2.75, 3.05) is 0 Å². The predicted molar refractivity (Wildman–Crippen MR) is 522 cm³/mol. The van der Waals surface area contributed by atoms with E-state index < -0.39 is 0 Å². The van der Waals surface area contributed by atoms with Gasteiger partial charge in [0.25, 0.3) is 0 Å². The first kappa shape index (κ1) is 89.7. The maximum absolute atomic E-state index is 2.24. The summed E-state index contributed by atoms with van der Waals surface area (Å²) in [4.78, 5) is 0. The Labute approximate surface area is 694 Å². The molecular weight excluding hydrogens is 1390 g/mol. The summed E-state index contributed by atoms with van der Waals surface area (Å²) in [5.41, 5.74) is 19.2. The van der Waals surface area contributed by atoms with Crippen molar-refractivity contribution in [3.63, 3.8) is 0 Å². The largest absolute Gasteiger partial charge is 0.0776 e.